The van der Waals surface area contributed by atoms with Crippen LogP contribution < -0.4 is 10.6 Å². The third-order valence-electron chi connectivity index (χ3n) is 4.05. The van der Waals surface area contributed by atoms with Gasteiger partial charge in [-0.2, -0.15) is 5.10 Å². The number of thiazole rings is 1. The van der Waals surface area contributed by atoms with Gasteiger partial charge in [0.2, 0.25) is 0 Å². The molecule has 1 aliphatic carbocycles. The second-order valence-corrected chi connectivity index (χ2v) is 6.79. The Bertz CT molecular complexity index is 779. The first-order valence-corrected chi connectivity index (χ1v) is 9.36. The number of amides is 1. The fraction of sp³-hybridized carbons (Fsp3) is 0.412. The molecule has 2 N–H and O–H groups in total. The van der Waals surface area contributed by atoms with Gasteiger partial charge in [-0.15, -0.1) is 17.9 Å². The number of carbonyl (C=O) groups excluding carboxylic acids is 2. The minimum atomic E-state index is -0.632. The molecule has 9 heteroatoms. The van der Waals surface area contributed by atoms with Crippen molar-refractivity contribution in [3.05, 3.63) is 36.0 Å². The van der Waals surface area contributed by atoms with Crippen molar-refractivity contribution in [3.63, 3.8) is 0 Å². The number of anilines is 2. The molecule has 0 bridgehead atoms. The minimum absolute atomic E-state index is 0.172. The summed E-state index contributed by atoms with van der Waals surface area (Å²) >= 11 is 1.29. The van der Waals surface area contributed by atoms with Crippen LogP contribution in [0.15, 0.2) is 30.3 Å². The fourth-order valence-corrected chi connectivity index (χ4v) is 3.54. The number of carbonyl (C=O) groups is 2. The van der Waals surface area contributed by atoms with Gasteiger partial charge < -0.3 is 15.4 Å². The largest absolute Gasteiger partial charge is 0.451 e. The molecule has 0 atom stereocenters. The Morgan fingerprint density at radius 1 is 1.42 bits per heavy atom. The highest BCUT2D eigenvalue weighted by atomic mass is 32.1. The van der Waals surface area contributed by atoms with Crippen LogP contribution in [0.2, 0.25) is 0 Å². The Hall–Kier alpha value is -2.68. The summed E-state index contributed by atoms with van der Waals surface area (Å²) in [6, 6.07) is 2.06. The van der Waals surface area contributed by atoms with E-state index < -0.39 is 11.9 Å². The van der Waals surface area contributed by atoms with E-state index in [1.807, 2.05) is 4.68 Å². The van der Waals surface area contributed by atoms with E-state index in [9.17, 15) is 9.59 Å². The molecule has 0 saturated heterocycles. The number of hydrogen-bond donors (Lipinski definition) is 2. The summed E-state index contributed by atoms with van der Waals surface area (Å²) in [7, 11) is 0. The van der Waals surface area contributed by atoms with E-state index in [1.54, 1.807) is 23.7 Å². The van der Waals surface area contributed by atoms with Crippen LogP contribution in [0, 0.1) is 0 Å². The van der Waals surface area contributed by atoms with Gasteiger partial charge in [-0.3, -0.25) is 4.79 Å². The molecule has 8 nitrogen and oxygen atoms in total. The van der Waals surface area contributed by atoms with Crippen molar-refractivity contribution in [2.24, 2.45) is 0 Å². The van der Waals surface area contributed by atoms with Crippen LogP contribution in [0.25, 0.3) is 0 Å². The Morgan fingerprint density at radius 2 is 2.23 bits per heavy atom. The lowest BCUT2D eigenvalue weighted by molar-refractivity contribution is -0.119. The third kappa shape index (κ3) is 4.48. The lowest BCUT2D eigenvalue weighted by Crippen LogP contribution is -2.23. The summed E-state index contributed by atoms with van der Waals surface area (Å²) < 4.78 is 6.88. The molecule has 1 aliphatic rings. The van der Waals surface area contributed by atoms with Gasteiger partial charge >= 0.3 is 5.97 Å². The van der Waals surface area contributed by atoms with E-state index in [1.165, 1.54) is 24.2 Å². The van der Waals surface area contributed by atoms with E-state index in [0.29, 0.717) is 23.5 Å². The standard InChI is InChI=1S/C17H21N5O3S/c1-2-8-18-17-20-13(11-26-17)16(24)25-10-15(23)21-14-7-9-19-22(14)12-5-3-4-6-12/h2,7,9,11-12H,1,3-6,8,10H2,(H,18,20)(H,21,23). The average Bonchev–Trinajstić information content (AvgIpc) is 3.38. The smallest absolute Gasteiger partial charge is 0.358 e. The van der Waals surface area contributed by atoms with Crippen molar-refractivity contribution in [2.45, 2.75) is 31.7 Å². The quantitative estimate of drug-likeness (QED) is 0.544. The predicted molar refractivity (Wildman–Crippen MR) is 99.4 cm³/mol. The summed E-state index contributed by atoms with van der Waals surface area (Å²) in [6.45, 7) is 3.78. The first kappa shape index (κ1) is 18.1. The molecule has 0 aliphatic heterocycles. The van der Waals surface area contributed by atoms with Crippen molar-refractivity contribution < 1.29 is 14.3 Å². The molecule has 1 saturated carbocycles. The molecule has 1 fully saturated rings. The number of hydrogen-bond acceptors (Lipinski definition) is 7. The van der Waals surface area contributed by atoms with Gasteiger partial charge in [-0.25, -0.2) is 14.5 Å². The van der Waals surface area contributed by atoms with Crippen molar-refractivity contribution in [3.8, 4) is 0 Å². The predicted octanol–water partition coefficient (Wildman–Crippen LogP) is 2.85. The fourth-order valence-electron chi connectivity index (χ4n) is 2.85. The van der Waals surface area contributed by atoms with Crippen molar-refractivity contribution in [1.29, 1.82) is 0 Å². The van der Waals surface area contributed by atoms with Crippen molar-refractivity contribution in [2.75, 3.05) is 23.8 Å². The molecule has 138 valence electrons. The van der Waals surface area contributed by atoms with E-state index in [4.69, 9.17) is 4.74 Å². The summed E-state index contributed by atoms with van der Waals surface area (Å²) in [5, 5.41) is 12.2. The molecule has 0 aromatic carbocycles. The second-order valence-electron chi connectivity index (χ2n) is 5.93. The topological polar surface area (TPSA) is 98.1 Å². The second kappa shape index (κ2) is 8.61. The highest BCUT2D eigenvalue weighted by Gasteiger charge is 2.21. The lowest BCUT2D eigenvalue weighted by atomic mass is 10.2. The number of rotatable bonds is 8. The number of nitrogens with one attached hydrogen (secondary N) is 2. The molecule has 2 heterocycles. The summed E-state index contributed by atoms with van der Waals surface area (Å²) in [4.78, 5) is 28.2. The van der Waals surface area contributed by atoms with Crippen LogP contribution in [-0.4, -0.2) is 39.8 Å². The van der Waals surface area contributed by atoms with Crippen molar-refractivity contribution >= 4 is 34.2 Å². The van der Waals surface area contributed by atoms with E-state index in [-0.39, 0.29) is 12.3 Å². The molecule has 2 aromatic rings. The Labute approximate surface area is 155 Å². The molecule has 0 spiro atoms. The zero-order valence-electron chi connectivity index (χ0n) is 14.3. The molecule has 1 amide bonds. The Balaban J connectivity index is 1.49. The third-order valence-corrected chi connectivity index (χ3v) is 4.85. The van der Waals surface area contributed by atoms with E-state index in [2.05, 4.69) is 27.3 Å². The maximum Gasteiger partial charge on any atom is 0.358 e. The lowest BCUT2D eigenvalue weighted by Gasteiger charge is -2.14. The van der Waals surface area contributed by atoms with Crippen LogP contribution in [0.4, 0.5) is 10.9 Å². The summed E-state index contributed by atoms with van der Waals surface area (Å²) in [6.07, 6.45) is 7.82. The zero-order chi connectivity index (χ0) is 18.4. The first-order valence-electron chi connectivity index (χ1n) is 8.48. The molecular formula is C17H21N5O3S. The van der Waals surface area contributed by atoms with Gasteiger partial charge in [0.15, 0.2) is 17.4 Å². The number of nitrogens with zero attached hydrogens (tertiary/aromatic N) is 3. The molecule has 2 aromatic heterocycles. The maximum atomic E-state index is 12.1. The van der Waals surface area contributed by atoms with Crippen LogP contribution >= 0.6 is 11.3 Å². The number of esters is 1. The van der Waals surface area contributed by atoms with Crippen LogP contribution in [0.5, 0.6) is 0 Å². The van der Waals surface area contributed by atoms with E-state index >= 15 is 0 Å². The van der Waals surface area contributed by atoms with Gasteiger partial charge in [0.25, 0.3) is 5.91 Å². The number of ether oxygens (including phenoxy) is 1. The van der Waals surface area contributed by atoms with E-state index in [0.717, 1.165) is 12.8 Å². The van der Waals surface area contributed by atoms with Crippen LogP contribution in [0.3, 0.4) is 0 Å². The van der Waals surface area contributed by atoms with Crippen LogP contribution in [0.1, 0.15) is 42.2 Å². The summed E-state index contributed by atoms with van der Waals surface area (Å²) in [5.41, 5.74) is 0.172. The highest BCUT2D eigenvalue weighted by Crippen LogP contribution is 2.31. The molecule has 0 unspecified atom stereocenters. The molecule has 3 rings (SSSR count). The summed E-state index contributed by atoms with van der Waals surface area (Å²) in [5.74, 6) is -0.409. The maximum absolute atomic E-state index is 12.1. The minimum Gasteiger partial charge on any atom is -0.451 e. The molecular weight excluding hydrogens is 354 g/mol. The van der Waals surface area contributed by atoms with Crippen LogP contribution in [-0.2, 0) is 9.53 Å². The number of aromatic nitrogens is 3. The zero-order valence-corrected chi connectivity index (χ0v) is 15.1. The van der Waals surface area contributed by atoms with Gasteiger partial charge in [0.05, 0.1) is 12.2 Å². The normalized spacial score (nSPS) is 14.2. The van der Waals surface area contributed by atoms with Gasteiger partial charge in [-0.05, 0) is 12.8 Å². The van der Waals surface area contributed by atoms with Gasteiger partial charge in [0.1, 0.15) is 5.82 Å². The monoisotopic (exact) mass is 375 g/mol. The Morgan fingerprint density at radius 3 is 3.00 bits per heavy atom. The molecule has 26 heavy (non-hydrogen) atoms. The van der Waals surface area contributed by atoms with Gasteiger partial charge in [0, 0.05) is 18.0 Å². The van der Waals surface area contributed by atoms with Gasteiger partial charge in [-0.1, -0.05) is 18.9 Å². The highest BCUT2D eigenvalue weighted by molar-refractivity contribution is 7.13. The Kier molecular flexibility index (Phi) is 6.00. The van der Waals surface area contributed by atoms with Crippen molar-refractivity contribution in [1.82, 2.24) is 14.8 Å². The molecule has 0 radical (unpaired) electrons. The average molecular weight is 375 g/mol. The SMILES string of the molecule is C=CCNc1nc(C(=O)OCC(=O)Nc2ccnn2C2CCCC2)cs1. The first-order chi connectivity index (χ1) is 12.7.